The van der Waals surface area contributed by atoms with Crippen LogP contribution in [0.5, 0.6) is 11.5 Å². The van der Waals surface area contributed by atoms with Crippen LogP contribution >= 0.6 is 0 Å². The minimum absolute atomic E-state index is 0.000615. The number of hydrogen-bond donors (Lipinski definition) is 3. The van der Waals surface area contributed by atoms with Crippen molar-refractivity contribution < 1.29 is 32.3 Å². The molecule has 2 heterocycles. The summed E-state index contributed by atoms with van der Waals surface area (Å²) in [6.07, 6.45) is -0.332. The summed E-state index contributed by atoms with van der Waals surface area (Å²) in [4.78, 5) is 41.9. The predicted molar refractivity (Wildman–Crippen MR) is 161 cm³/mol. The molecule has 13 heteroatoms. The van der Waals surface area contributed by atoms with Crippen LogP contribution in [0.3, 0.4) is 0 Å². The molecule has 0 spiro atoms. The molecule has 45 heavy (non-hydrogen) atoms. The summed E-state index contributed by atoms with van der Waals surface area (Å²) in [5.41, 5.74) is -1.45. The van der Waals surface area contributed by atoms with Gasteiger partial charge in [0.05, 0.1) is 17.8 Å². The zero-order chi connectivity index (χ0) is 32.1. The van der Waals surface area contributed by atoms with Crippen LogP contribution in [-0.4, -0.2) is 39.5 Å². The fourth-order valence-corrected chi connectivity index (χ4v) is 4.46. The van der Waals surface area contributed by atoms with Gasteiger partial charge in [-0.05, 0) is 47.9 Å². The molecule has 2 aromatic heterocycles. The van der Waals surface area contributed by atoms with E-state index >= 15 is 0 Å². The Kier molecular flexibility index (Phi) is 8.61. The summed E-state index contributed by atoms with van der Waals surface area (Å²) >= 11 is 0. The number of carbonyl (C=O) groups is 3. The summed E-state index contributed by atoms with van der Waals surface area (Å²) in [5.74, 6) is -1.15. The molecule has 10 nitrogen and oxygen atoms in total. The van der Waals surface area contributed by atoms with E-state index < -0.39 is 35.1 Å². The average molecular weight is 615 g/mol. The molecule has 0 saturated heterocycles. The van der Waals surface area contributed by atoms with E-state index in [1.165, 1.54) is 42.3 Å². The molecule has 0 atom stereocenters. The molecule has 0 radical (unpaired) electrons. The van der Waals surface area contributed by atoms with Gasteiger partial charge < -0.3 is 20.7 Å². The van der Waals surface area contributed by atoms with Crippen LogP contribution in [0, 0.1) is 0 Å². The second-order valence-corrected chi connectivity index (χ2v) is 9.69. The van der Waals surface area contributed by atoms with Crippen molar-refractivity contribution in [1.82, 2.24) is 20.1 Å². The van der Waals surface area contributed by atoms with Crippen LogP contribution in [0.15, 0.2) is 104 Å². The quantitative estimate of drug-likeness (QED) is 0.174. The average Bonchev–Trinajstić information content (AvgIpc) is 3.54. The molecule has 3 aromatic carbocycles. The van der Waals surface area contributed by atoms with Gasteiger partial charge in [-0.2, -0.15) is 18.3 Å². The number of rotatable bonds is 9. The molecule has 0 aliphatic heterocycles. The van der Waals surface area contributed by atoms with Crippen LogP contribution in [0.25, 0.3) is 10.8 Å². The third-order valence-corrected chi connectivity index (χ3v) is 6.61. The van der Waals surface area contributed by atoms with Gasteiger partial charge in [-0.1, -0.05) is 30.8 Å². The van der Waals surface area contributed by atoms with E-state index in [0.29, 0.717) is 22.3 Å². The van der Waals surface area contributed by atoms with Crippen molar-refractivity contribution in [2.24, 2.45) is 0 Å². The van der Waals surface area contributed by atoms with E-state index in [4.69, 9.17) is 4.74 Å². The van der Waals surface area contributed by atoms with Gasteiger partial charge in [0, 0.05) is 53.9 Å². The van der Waals surface area contributed by atoms with Gasteiger partial charge >= 0.3 is 6.18 Å². The maximum absolute atomic E-state index is 14.0. The van der Waals surface area contributed by atoms with Crippen LogP contribution in [0.4, 0.5) is 24.5 Å². The van der Waals surface area contributed by atoms with Gasteiger partial charge in [0.2, 0.25) is 0 Å². The molecule has 0 unspecified atom stereocenters. The summed E-state index contributed by atoms with van der Waals surface area (Å²) in [7, 11) is 1.48. The first kappa shape index (κ1) is 30.5. The van der Waals surface area contributed by atoms with Gasteiger partial charge in [-0.25, -0.2) is 0 Å². The van der Waals surface area contributed by atoms with Crippen LogP contribution in [-0.2, 0) is 17.5 Å². The molecule has 0 bridgehead atoms. The first-order chi connectivity index (χ1) is 21.5. The van der Waals surface area contributed by atoms with Gasteiger partial charge in [-0.3, -0.25) is 24.0 Å². The Balaban J connectivity index is 1.38. The lowest BCUT2D eigenvalue weighted by Gasteiger charge is -2.17. The smallest absolute Gasteiger partial charge is 0.418 e. The van der Waals surface area contributed by atoms with Crippen LogP contribution in [0.1, 0.15) is 26.4 Å². The van der Waals surface area contributed by atoms with Gasteiger partial charge in [0.25, 0.3) is 17.7 Å². The number of fused-ring (bicyclic) bond motifs is 1. The van der Waals surface area contributed by atoms with E-state index in [1.807, 2.05) is 0 Å². The number of halogens is 3. The highest BCUT2D eigenvalue weighted by Gasteiger charge is 2.34. The Bertz CT molecular complexity index is 1920. The molecule has 0 aliphatic rings. The SMILES string of the molecule is C=C(Cn1cccn1)C(=O)Nc1ccc(NC(=O)c2cccc3c(Oc4ccnc(C(=O)NC)c4)cccc23)cc1C(F)(F)F. The summed E-state index contributed by atoms with van der Waals surface area (Å²) in [6, 6.07) is 17.6. The molecule has 3 N–H and O–H groups in total. The number of nitrogens with one attached hydrogen (secondary N) is 3. The predicted octanol–water partition coefficient (Wildman–Crippen LogP) is 6.05. The van der Waals surface area contributed by atoms with Crippen molar-refractivity contribution in [3.63, 3.8) is 0 Å². The number of hydrogen-bond acceptors (Lipinski definition) is 6. The van der Waals surface area contributed by atoms with Gasteiger partial charge in [0.1, 0.15) is 17.2 Å². The van der Waals surface area contributed by atoms with Crippen molar-refractivity contribution in [1.29, 1.82) is 0 Å². The zero-order valence-corrected chi connectivity index (χ0v) is 23.7. The highest BCUT2D eigenvalue weighted by molar-refractivity contribution is 6.14. The standard InChI is InChI=1S/C32H25F3N6O4/c1-19(18-41-15-5-13-38-41)29(42)40-26-11-10-20(16-25(26)32(33,34)35)39-30(43)24-8-3-7-23-22(24)6-4-9-28(23)45-21-12-14-37-27(17-21)31(44)36-2/h3-17H,1,18H2,2H3,(H,36,44)(H,39,43)(H,40,42). The molecule has 5 rings (SSSR count). The monoisotopic (exact) mass is 614 g/mol. The Morgan fingerprint density at radius 2 is 1.69 bits per heavy atom. The number of pyridine rings is 1. The van der Waals surface area contributed by atoms with E-state index in [2.05, 4.69) is 32.6 Å². The highest BCUT2D eigenvalue weighted by Crippen LogP contribution is 2.37. The number of amides is 3. The number of ether oxygens (including phenoxy) is 1. The molecule has 5 aromatic rings. The van der Waals surface area contributed by atoms with Crippen molar-refractivity contribution in [3.05, 3.63) is 120 Å². The Morgan fingerprint density at radius 3 is 2.42 bits per heavy atom. The van der Waals surface area contributed by atoms with E-state index in [1.54, 1.807) is 48.7 Å². The maximum atomic E-state index is 14.0. The normalized spacial score (nSPS) is 11.1. The first-order valence-electron chi connectivity index (χ1n) is 13.4. The highest BCUT2D eigenvalue weighted by atomic mass is 19.4. The summed E-state index contributed by atoms with van der Waals surface area (Å²) in [6.45, 7) is 3.63. The first-order valence-corrected chi connectivity index (χ1v) is 13.4. The minimum atomic E-state index is -4.84. The summed E-state index contributed by atoms with van der Waals surface area (Å²) < 4.78 is 49.5. The molecule has 0 saturated carbocycles. The fraction of sp³-hybridized carbons (Fsp3) is 0.0938. The Labute approximate surface area is 254 Å². The summed E-state index contributed by atoms with van der Waals surface area (Å²) in [5, 5.41) is 12.2. The maximum Gasteiger partial charge on any atom is 0.418 e. The van der Waals surface area contributed by atoms with E-state index in [-0.39, 0.29) is 29.1 Å². The molecule has 3 amide bonds. The molecular weight excluding hydrogens is 589 g/mol. The molecule has 0 fully saturated rings. The second kappa shape index (κ2) is 12.7. The van der Waals surface area contributed by atoms with Crippen molar-refractivity contribution in [2.75, 3.05) is 17.7 Å². The topological polar surface area (TPSA) is 127 Å². The van der Waals surface area contributed by atoms with Crippen molar-refractivity contribution in [2.45, 2.75) is 12.7 Å². The molecule has 0 aliphatic carbocycles. The van der Waals surface area contributed by atoms with Crippen molar-refractivity contribution >= 4 is 39.9 Å². The van der Waals surface area contributed by atoms with E-state index in [0.717, 1.165) is 12.1 Å². The lowest BCUT2D eigenvalue weighted by Crippen LogP contribution is -2.21. The number of carbonyl (C=O) groups excluding carboxylic acids is 3. The number of alkyl halides is 3. The third-order valence-electron chi connectivity index (χ3n) is 6.61. The zero-order valence-electron chi connectivity index (χ0n) is 23.7. The molecular formula is C32H25F3N6O4. The Hall–Kier alpha value is -5.98. The number of nitrogens with zero attached hydrogens (tertiary/aromatic N) is 3. The Morgan fingerprint density at radius 1 is 0.911 bits per heavy atom. The fourth-order valence-electron chi connectivity index (χ4n) is 4.46. The minimum Gasteiger partial charge on any atom is -0.457 e. The number of benzene rings is 3. The van der Waals surface area contributed by atoms with Crippen molar-refractivity contribution in [3.8, 4) is 11.5 Å². The van der Waals surface area contributed by atoms with Gasteiger partial charge in [-0.15, -0.1) is 0 Å². The third kappa shape index (κ3) is 6.99. The van der Waals surface area contributed by atoms with Crippen LogP contribution in [0.2, 0.25) is 0 Å². The van der Waals surface area contributed by atoms with E-state index in [9.17, 15) is 27.6 Å². The number of anilines is 2. The lowest BCUT2D eigenvalue weighted by molar-refractivity contribution is -0.136. The molecule has 228 valence electrons. The second-order valence-electron chi connectivity index (χ2n) is 9.69. The number of aromatic nitrogens is 3. The van der Waals surface area contributed by atoms with Gasteiger partial charge in [0.15, 0.2) is 0 Å². The largest absolute Gasteiger partial charge is 0.457 e. The lowest BCUT2D eigenvalue weighted by atomic mass is 10.0. The van der Waals surface area contributed by atoms with Crippen LogP contribution < -0.4 is 20.7 Å².